The Balaban J connectivity index is 4.32. The van der Waals surface area contributed by atoms with Crippen molar-refractivity contribution in [2.45, 2.75) is 309 Å². The van der Waals surface area contributed by atoms with E-state index in [1.165, 1.54) is 186 Å². The molecule has 0 bridgehead atoms. The van der Waals surface area contributed by atoms with E-state index in [2.05, 4.69) is 57.2 Å². The van der Waals surface area contributed by atoms with Crippen LogP contribution >= 0.6 is 0 Å². The molecule has 0 N–H and O–H groups in total. The van der Waals surface area contributed by atoms with Crippen LogP contribution in [0.2, 0.25) is 0 Å². The molecule has 0 saturated carbocycles. The molecule has 0 heterocycles. The van der Waals surface area contributed by atoms with E-state index in [0.29, 0.717) is 19.3 Å². The van der Waals surface area contributed by atoms with Gasteiger partial charge in [-0.2, -0.15) is 0 Å². The molecule has 1 atom stereocenters. The van der Waals surface area contributed by atoms with Gasteiger partial charge in [0.05, 0.1) is 0 Å². The summed E-state index contributed by atoms with van der Waals surface area (Å²) < 4.78 is 16.8. The standard InChI is InChI=1S/C59H108O6/c1-4-7-10-13-16-19-22-24-26-28-30-32-33-35-37-40-43-46-49-52-58(61)64-55-56(54-63-57(60)51-48-45-42-39-21-18-15-12-9-6-3)65-59(62)53-50-47-44-41-38-36-34-31-29-27-25-23-20-17-14-11-8-5-2/h27-31,34,56H,4-26,32-33,35-55H2,1-3H3/b29-27-,30-28-,34-31-. The molecule has 0 saturated heterocycles. The first-order chi connectivity index (χ1) is 32.0. The number of hydrogen-bond donors (Lipinski definition) is 0. The maximum absolute atomic E-state index is 12.8. The van der Waals surface area contributed by atoms with Crippen LogP contribution in [0.3, 0.4) is 0 Å². The van der Waals surface area contributed by atoms with Crippen LogP contribution in [-0.2, 0) is 28.6 Å². The van der Waals surface area contributed by atoms with Crippen molar-refractivity contribution in [3.8, 4) is 0 Å². The van der Waals surface area contributed by atoms with Crippen LogP contribution in [0.5, 0.6) is 0 Å². The maximum atomic E-state index is 12.8. The average Bonchev–Trinajstić information content (AvgIpc) is 3.30. The number of carbonyl (C=O) groups excluding carboxylic acids is 3. The third kappa shape index (κ3) is 52.5. The van der Waals surface area contributed by atoms with Crippen LogP contribution < -0.4 is 0 Å². The summed E-state index contributed by atoms with van der Waals surface area (Å²) in [6.45, 7) is 6.64. The van der Waals surface area contributed by atoms with Crippen molar-refractivity contribution in [1.82, 2.24) is 0 Å². The molecule has 6 nitrogen and oxygen atoms in total. The minimum Gasteiger partial charge on any atom is -0.462 e. The molecule has 0 rings (SSSR count). The van der Waals surface area contributed by atoms with Gasteiger partial charge in [-0.3, -0.25) is 14.4 Å². The summed E-state index contributed by atoms with van der Waals surface area (Å²) in [5.74, 6) is -0.884. The van der Waals surface area contributed by atoms with Crippen LogP contribution in [-0.4, -0.2) is 37.2 Å². The maximum Gasteiger partial charge on any atom is 0.306 e. The molecule has 0 aliphatic rings. The molecule has 65 heavy (non-hydrogen) atoms. The lowest BCUT2D eigenvalue weighted by molar-refractivity contribution is -0.167. The summed E-state index contributed by atoms with van der Waals surface area (Å²) in [5, 5.41) is 0. The monoisotopic (exact) mass is 913 g/mol. The second kappa shape index (κ2) is 54.2. The summed E-state index contributed by atoms with van der Waals surface area (Å²) >= 11 is 0. The van der Waals surface area contributed by atoms with Crippen LogP contribution in [0.1, 0.15) is 303 Å². The minimum absolute atomic E-state index is 0.0769. The van der Waals surface area contributed by atoms with Gasteiger partial charge in [-0.05, 0) is 70.6 Å². The van der Waals surface area contributed by atoms with Crippen molar-refractivity contribution in [3.63, 3.8) is 0 Å². The number of rotatable bonds is 52. The first-order valence-corrected chi connectivity index (χ1v) is 28.5. The van der Waals surface area contributed by atoms with Crippen molar-refractivity contribution < 1.29 is 28.6 Å². The zero-order chi connectivity index (χ0) is 47.2. The predicted octanol–water partition coefficient (Wildman–Crippen LogP) is 18.9. The van der Waals surface area contributed by atoms with E-state index >= 15 is 0 Å². The van der Waals surface area contributed by atoms with E-state index in [9.17, 15) is 14.4 Å². The quantitative estimate of drug-likeness (QED) is 0.0199. The molecule has 0 spiro atoms. The van der Waals surface area contributed by atoms with Gasteiger partial charge in [0.1, 0.15) is 13.2 Å². The summed E-state index contributed by atoms with van der Waals surface area (Å²) in [7, 11) is 0. The van der Waals surface area contributed by atoms with Gasteiger partial charge in [0.2, 0.25) is 0 Å². The fraction of sp³-hybridized carbons (Fsp3) is 0.847. The molecule has 6 heteroatoms. The van der Waals surface area contributed by atoms with Gasteiger partial charge in [-0.15, -0.1) is 0 Å². The summed E-state index contributed by atoms with van der Waals surface area (Å²) in [4.78, 5) is 38.0. The van der Waals surface area contributed by atoms with Gasteiger partial charge in [-0.1, -0.05) is 250 Å². The van der Waals surface area contributed by atoms with Gasteiger partial charge in [0.15, 0.2) is 6.10 Å². The van der Waals surface area contributed by atoms with E-state index < -0.39 is 6.10 Å². The molecule has 0 radical (unpaired) electrons. The summed E-state index contributed by atoms with van der Waals surface area (Å²) in [6, 6.07) is 0. The number of ether oxygens (including phenoxy) is 3. The molecule has 0 aliphatic heterocycles. The predicted molar refractivity (Wildman–Crippen MR) is 279 cm³/mol. The van der Waals surface area contributed by atoms with Gasteiger partial charge >= 0.3 is 17.9 Å². The highest BCUT2D eigenvalue weighted by atomic mass is 16.6. The molecular weight excluding hydrogens is 805 g/mol. The minimum atomic E-state index is -0.778. The van der Waals surface area contributed by atoms with Crippen LogP contribution in [0.25, 0.3) is 0 Å². The normalized spacial score (nSPS) is 12.2. The molecule has 0 aromatic heterocycles. The molecule has 0 aromatic carbocycles. The second-order valence-corrected chi connectivity index (χ2v) is 19.2. The van der Waals surface area contributed by atoms with E-state index in [1.807, 2.05) is 0 Å². The van der Waals surface area contributed by atoms with Crippen LogP contribution in [0.4, 0.5) is 0 Å². The first-order valence-electron chi connectivity index (χ1n) is 28.5. The molecular formula is C59H108O6. The Morgan fingerprint density at radius 1 is 0.308 bits per heavy atom. The lowest BCUT2D eigenvalue weighted by atomic mass is 10.1. The zero-order valence-electron chi connectivity index (χ0n) is 43.5. The Kier molecular flexibility index (Phi) is 52.3. The van der Waals surface area contributed by atoms with Crippen molar-refractivity contribution in [2.24, 2.45) is 0 Å². The molecule has 0 amide bonds. The lowest BCUT2D eigenvalue weighted by Crippen LogP contribution is -2.30. The number of unbranched alkanes of at least 4 members (excludes halogenated alkanes) is 36. The third-order valence-electron chi connectivity index (χ3n) is 12.6. The molecule has 1 unspecified atom stereocenters. The Bertz CT molecular complexity index is 1090. The number of carbonyl (C=O) groups is 3. The largest absolute Gasteiger partial charge is 0.462 e. The van der Waals surface area contributed by atoms with E-state index in [-0.39, 0.29) is 31.1 Å². The Labute approximate surface area is 404 Å². The molecule has 0 fully saturated rings. The number of esters is 3. The highest BCUT2D eigenvalue weighted by molar-refractivity contribution is 5.71. The summed E-state index contributed by atoms with van der Waals surface area (Å²) in [6.07, 6.45) is 64.2. The van der Waals surface area contributed by atoms with Gasteiger partial charge in [-0.25, -0.2) is 0 Å². The van der Waals surface area contributed by atoms with Crippen molar-refractivity contribution in [2.75, 3.05) is 13.2 Å². The van der Waals surface area contributed by atoms with Crippen LogP contribution in [0.15, 0.2) is 36.5 Å². The van der Waals surface area contributed by atoms with E-state index in [4.69, 9.17) is 14.2 Å². The van der Waals surface area contributed by atoms with Gasteiger partial charge in [0, 0.05) is 19.3 Å². The topological polar surface area (TPSA) is 78.9 Å². The Hall–Kier alpha value is -2.37. The SMILES string of the molecule is CCCCCCCCC/C=C\C=C/CCCCCCCC(=O)OC(COC(=O)CCCCCCCCC/C=C\CCCCCCCCCC)COC(=O)CCCCCCCCCCCC. The smallest absolute Gasteiger partial charge is 0.306 e. The second-order valence-electron chi connectivity index (χ2n) is 19.2. The van der Waals surface area contributed by atoms with Gasteiger partial charge < -0.3 is 14.2 Å². The highest BCUT2D eigenvalue weighted by Crippen LogP contribution is 2.16. The number of hydrogen-bond acceptors (Lipinski definition) is 6. The van der Waals surface area contributed by atoms with Crippen molar-refractivity contribution in [3.05, 3.63) is 36.5 Å². The average molecular weight is 914 g/mol. The van der Waals surface area contributed by atoms with Gasteiger partial charge in [0.25, 0.3) is 0 Å². The van der Waals surface area contributed by atoms with E-state index in [1.54, 1.807) is 0 Å². The van der Waals surface area contributed by atoms with E-state index in [0.717, 1.165) is 77.0 Å². The highest BCUT2D eigenvalue weighted by Gasteiger charge is 2.19. The lowest BCUT2D eigenvalue weighted by Gasteiger charge is -2.18. The molecule has 0 aromatic rings. The third-order valence-corrected chi connectivity index (χ3v) is 12.6. The first kappa shape index (κ1) is 62.6. The van der Waals surface area contributed by atoms with Crippen LogP contribution in [0, 0.1) is 0 Å². The Morgan fingerprint density at radius 2 is 0.554 bits per heavy atom. The fourth-order valence-corrected chi connectivity index (χ4v) is 8.31. The van der Waals surface area contributed by atoms with Crippen molar-refractivity contribution in [1.29, 1.82) is 0 Å². The summed E-state index contributed by atoms with van der Waals surface area (Å²) in [5.41, 5.74) is 0. The molecule has 0 aliphatic carbocycles. The van der Waals surface area contributed by atoms with Crippen molar-refractivity contribution >= 4 is 17.9 Å². The number of allylic oxidation sites excluding steroid dienone is 6. The fourth-order valence-electron chi connectivity index (χ4n) is 8.31. The molecule has 380 valence electrons. The Morgan fingerprint density at radius 3 is 0.862 bits per heavy atom. The zero-order valence-corrected chi connectivity index (χ0v) is 43.5.